The molecule has 4 nitrogen and oxygen atoms in total. The minimum Gasteiger partial charge on any atom is -0.504 e. The lowest BCUT2D eigenvalue weighted by Crippen LogP contribution is -2.33. The van der Waals surface area contributed by atoms with Gasteiger partial charge in [-0.2, -0.15) is 13.2 Å². The van der Waals surface area contributed by atoms with Crippen molar-refractivity contribution in [1.29, 1.82) is 0 Å². The Hall–Kier alpha value is -1.47. The number of halogens is 3. The van der Waals surface area contributed by atoms with Crippen LogP contribution in [0.1, 0.15) is 18.9 Å². The fraction of sp³-hybridized carbons (Fsp3) is 0.625. The van der Waals surface area contributed by atoms with Crippen LogP contribution in [0, 0.1) is 5.92 Å². The predicted octanol–water partition coefficient (Wildman–Crippen LogP) is 2.76. The lowest BCUT2D eigenvalue weighted by atomic mass is 10.1. The fourth-order valence-corrected chi connectivity index (χ4v) is 2.87. The maximum atomic E-state index is 12.4. The predicted molar refractivity (Wildman–Crippen MR) is 81.6 cm³/mol. The van der Waals surface area contributed by atoms with Crippen molar-refractivity contribution in [2.75, 3.05) is 32.8 Å². The van der Waals surface area contributed by atoms with Gasteiger partial charge in [0.15, 0.2) is 11.5 Å². The van der Waals surface area contributed by atoms with E-state index < -0.39 is 12.7 Å². The summed E-state index contributed by atoms with van der Waals surface area (Å²) in [5, 5.41) is 13.3. The summed E-state index contributed by atoms with van der Waals surface area (Å²) < 4.78 is 42.4. The highest BCUT2D eigenvalue weighted by Crippen LogP contribution is 2.29. The summed E-state index contributed by atoms with van der Waals surface area (Å²) in [5.74, 6) is 0.769. The van der Waals surface area contributed by atoms with E-state index in [1.54, 1.807) is 12.1 Å². The van der Waals surface area contributed by atoms with E-state index in [4.69, 9.17) is 4.74 Å². The van der Waals surface area contributed by atoms with Crippen molar-refractivity contribution < 1.29 is 23.0 Å². The van der Waals surface area contributed by atoms with Crippen LogP contribution >= 0.6 is 0 Å². The minimum atomic E-state index is -4.13. The zero-order valence-corrected chi connectivity index (χ0v) is 13.2. The molecule has 1 aromatic rings. The van der Waals surface area contributed by atoms with Gasteiger partial charge in [0.25, 0.3) is 0 Å². The molecular formula is C16H23F3N2O2. The Kier molecular flexibility index (Phi) is 6.12. The molecule has 1 atom stereocenters. The Balaban J connectivity index is 1.77. The molecule has 0 unspecified atom stereocenters. The van der Waals surface area contributed by atoms with Crippen molar-refractivity contribution in [3.8, 4) is 11.5 Å². The van der Waals surface area contributed by atoms with E-state index in [0.717, 1.165) is 12.0 Å². The van der Waals surface area contributed by atoms with Crippen molar-refractivity contribution in [2.24, 2.45) is 5.92 Å². The molecule has 0 aromatic heterocycles. The van der Waals surface area contributed by atoms with E-state index in [9.17, 15) is 18.3 Å². The van der Waals surface area contributed by atoms with Gasteiger partial charge in [0.1, 0.15) is 0 Å². The molecule has 1 heterocycles. The molecule has 1 fully saturated rings. The molecule has 0 amide bonds. The molecule has 1 aliphatic rings. The molecule has 23 heavy (non-hydrogen) atoms. The van der Waals surface area contributed by atoms with Crippen LogP contribution in [0.2, 0.25) is 0 Å². The highest BCUT2D eigenvalue weighted by atomic mass is 19.4. The third kappa shape index (κ3) is 5.58. The number of rotatable bonds is 7. The van der Waals surface area contributed by atoms with Gasteiger partial charge in [-0.25, -0.2) is 0 Å². The number of hydrogen-bond acceptors (Lipinski definition) is 4. The van der Waals surface area contributed by atoms with Crippen molar-refractivity contribution in [3.63, 3.8) is 0 Å². The number of phenols is 1. The van der Waals surface area contributed by atoms with Crippen LogP contribution in [-0.4, -0.2) is 49.0 Å². The van der Waals surface area contributed by atoms with E-state index in [0.29, 0.717) is 38.5 Å². The van der Waals surface area contributed by atoms with Crippen LogP contribution in [0.15, 0.2) is 18.2 Å². The summed E-state index contributed by atoms with van der Waals surface area (Å²) in [5.41, 5.74) is 0.723. The summed E-state index contributed by atoms with van der Waals surface area (Å²) >= 11 is 0. The van der Waals surface area contributed by atoms with Gasteiger partial charge >= 0.3 is 6.18 Å². The van der Waals surface area contributed by atoms with Crippen molar-refractivity contribution in [2.45, 2.75) is 26.1 Å². The van der Waals surface area contributed by atoms with Gasteiger partial charge in [-0.1, -0.05) is 12.1 Å². The first-order valence-corrected chi connectivity index (χ1v) is 7.82. The molecule has 0 saturated carbocycles. The van der Waals surface area contributed by atoms with Gasteiger partial charge in [0.2, 0.25) is 0 Å². The summed E-state index contributed by atoms with van der Waals surface area (Å²) in [6.45, 7) is 3.52. The Morgan fingerprint density at radius 3 is 2.87 bits per heavy atom. The number of nitrogens with one attached hydrogen (secondary N) is 1. The van der Waals surface area contributed by atoms with Crippen LogP contribution in [0.25, 0.3) is 0 Å². The van der Waals surface area contributed by atoms with E-state index in [1.165, 1.54) is 4.90 Å². The van der Waals surface area contributed by atoms with Crippen molar-refractivity contribution >= 4 is 0 Å². The first kappa shape index (κ1) is 17.9. The number of phenolic OH excluding ortho intramolecular Hbond substituents is 1. The number of para-hydroxylation sites is 1. The largest absolute Gasteiger partial charge is 0.504 e. The SMILES string of the molecule is CCOc1cccc(CNC[C@H]2CCN(CC(F)(F)F)C2)c1O. The number of hydrogen-bond donors (Lipinski definition) is 2. The van der Waals surface area contributed by atoms with E-state index in [-0.39, 0.29) is 11.7 Å². The quantitative estimate of drug-likeness (QED) is 0.806. The highest BCUT2D eigenvalue weighted by molar-refractivity contribution is 5.45. The van der Waals surface area contributed by atoms with Gasteiger partial charge in [-0.15, -0.1) is 0 Å². The molecule has 0 radical (unpaired) electrons. The molecule has 0 aliphatic carbocycles. The van der Waals surface area contributed by atoms with Gasteiger partial charge in [-0.3, -0.25) is 4.90 Å². The molecule has 7 heteroatoms. The summed E-state index contributed by atoms with van der Waals surface area (Å²) in [7, 11) is 0. The third-order valence-electron chi connectivity index (χ3n) is 3.90. The van der Waals surface area contributed by atoms with Crippen LogP contribution in [-0.2, 0) is 6.54 Å². The molecule has 130 valence electrons. The fourth-order valence-electron chi connectivity index (χ4n) is 2.87. The Morgan fingerprint density at radius 2 is 2.17 bits per heavy atom. The number of ether oxygens (including phenoxy) is 1. The Labute approximate surface area is 134 Å². The summed E-state index contributed by atoms with van der Waals surface area (Å²) in [6, 6.07) is 5.31. The van der Waals surface area contributed by atoms with Gasteiger partial charge < -0.3 is 15.2 Å². The zero-order valence-electron chi connectivity index (χ0n) is 13.2. The molecule has 2 N–H and O–H groups in total. The van der Waals surface area contributed by atoms with Crippen molar-refractivity contribution in [3.05, 3.63) is 23.8 Å². The number of alkyl halides is 3. The standard InChI is InChI=1S/C16H23F3N2O2/c1-2-23-14-5-3-4-13(15(14)22)9-20-8-12-6-7-21(10-12)11-16(17,18)19/h3-5,12,20,22H,2,6-11H2,1H3/t12-/m1/s1. The lowest BCUT2D eigenvalue weighted by molar-refractivity contribution is -0.143. The average molecular weight is 332 g/mol. The minimum absolute atomic E-state index is 0.118. The average Bonchev–Trinajstić information content (AvgIpc) is 2.88. The second-order valence-corrected chi connectivity index (χ2v) is 5.83. The highest BCUT2D eigenvalue weighted by Gasteiger charge is 2.34. The maximum Gasteiger partial charge on any atom is 0.401 e. The molecule has 1 saturated heterocycles. The molecule has 1 aromatic carbocycles. The normalized spacial score (nSPS) is 19.2. The first-order chi connectivity index (χ1) is 10.9. The summed E-state index contributed by atoms with van der Waals surface area (Å²) in [6.07, 6.45) is -3.37. The van der Waals surface area contributed by atoms with E-state index in [1.807, 2.05) is 13.0 Å². The van der Waals surface area contributed by atoms with Gasteiger partial charge in [-0.05, 0) is 38.4 Å². The zero-order chi connectivity index (χ0) is 16.9. The molecule has 0 bridgehead atoms. The molecular weight excluding hydrogens is 309 g/mol. The van der Waals surface area contributed by atoms with Crippen molar-refractivity contribution in [1.82, 2.24) is 10.2 Å². The van der Waals surface area contributed by atoms with Gasteiger partial charge in [0, 0.05) is 18.7 Å². The van der Waals surface area contributed by atoms with Gasteiger partial charge in [0.05, 0.1) is 13.2 Å². The van der Waals surface area contributed by atoms with E-state index in [2.05, 4.69) is 5.32 Å². The lowest BCUT2D eigenvalue weighted by Gasteiger charge is -2.18. The molecule has 2 rings (SSSR count). The molecule has 0 spiro atoms. The van der Waals surface area contributed by atoms with Crippen LogP contribution < -0.4 is 10.1 Å². The Bertz CT molecular complexity index is 509. The summed E-state index contributed by atoms with van der Waals surface area (Å²) in [4.78, 5) is 1.44. The monoisotopic (exact) mass is 332 g/mol. The van der Waals surface area contributed by atoms with Crippen LogP contribution in [0.5, 0.6) is 11.5 Å². The number of nitrogens with zero attached hydrogens (tertiary/aromatic N) is 1. The second-order valence-electron chi connectivity index (χ2n) is 5.83. The first-order valence-electron chi connectivity index (χ1n) is 7.82. The topological polar surface area (TPSA) is 44.7 Å². The Morgan fingerprint density at radius 1 is 1.39 bits per heavy atom. The second kappa shape index (κ2) is 7.88. The smallest absolute Gasteiger partial charge is 0.401 e. The molecule has 1 aliphatic heterocycles. The maximum absolute atomic E-state index is 12.4. The third-order valence-corrected chi connectivity index (χ3v) is 3.90. The number of aromatic hydroxyl groups is 1. The number of benzene rings is 1. The van der Waals surface area contributed by atoms with E-state index >= 15 is 0 Å². The van der Waals surface area contributed by atoms with Crippen LogP contribution in [0.4, 0.5) is 13.2 Å². The van der Waals surface area contributed by atoms with Crippen LogP contribution in [0.3, 0.4) is 0 Å². The number of likely N-dealkylation sites (tertiary alicyclic amines) is 1.